The van der Waals surface area contributed by atoms with Crippen molar-refractivity contribution in [3.63, 3.8) is 0 Å². The second kappa shape index (κ2) is 10.2. The summed E-state index contributed by atoms with van der Waals surface area (Å²) in [4.78, 5) is 23.0. The fourth-order valence-corrected chi connectivity index (χ4v) is 1.86. The fourth-order valence-electron chi connectivity index (χ4n) is 1.69. The number of carbonyl (C=O) groups is 2. The minimum Gasteiger partial charge on any atom is -0.466 e. The standard InChI is InChI=1S/C16H21ClO4/c1-2-3-6-12-20-15(18)10-7-11-16(19)21-14-9-5-4-8-13(14)17/h4-5,8-9H,2-3,6-7,10-12H2,1H3. The summed E-state index contributed by atoms with van der Waals surface area (Å²) in [7, 11) is 0. The summed E-state index contributed by atoms with van der Waals surface area (Å²) in [5, 5.41) is 0.390. The van der Waals surface area contributed by atoms with Gasteiger partial charge in [-0.15, -0.1) is 0 Å². The maximum Gasteiger partial charge on any atom is 0.311 e. The SMILES string of the molecule is CCCCCOC(=O)CCCC(=O)Oc1ccccc1Cl. The van der Waals surface area contributed by atoms with E-state index in [1.807, 2.05) is 0 Å². The Hall–Kier alpha value is -1.55. The average Bonchev–Trinajstić information content (AvgIpc) is 2.46. The molecule has 1 rings (SSSR count). The molecule has 1 aromatic carbocycles. The molecule has 0 saturated heterocycles. The number of ether oxygens (including phenoxy) is 2. The van der Waals surface area contributed by atoms with Crippen LogP contribution in [0.5, 0.6) is 5.75 Å². The van der Waals surface area contributed by atoms with Crippen molar-refractivity contribution in [2.45, 2.75) is 45.4 Å². The smallest absolute Gasteiger partial charge is 0.311 e. The highest BCUT2D eigenvalue weighted by Crippen LogP contribution is 2.23. The molecule has 0 fully saturated rings. The molecule has 0 radical (unpaired) electrons. The largest absolute Gasteiger partial charge is 0.466 e. The Bertz CT molecular complexity index is 459. The number of carbonyl (C=O) groups excluding carboxylic acids is 2. The van der Waals surface area contributed by atoms with E-state index in [1.54, 1.807) is 24.3 Å². The summed E-state index contributed by atoms with van der Waals surface area (Å²) < 4.78 is 10.2. The molecule has 21 heavy (non-hydrogen) atoms. The number of halogens is 1. The maximum atomic E-state index is 11.6. The second-order valence-corrected chi connectivity index (χ2v) is 5.09. The second-order valence-electron chi connectivity index (χ2n) is 4.69. The van der Waals surface area contributed by atoms with Crippen molar-refractivity contribution in [1.29, 1.82) is 0 Å². The molecule has 0 atom stereocenters. The lowest BCUT2D eigenvalue weighted by Crippen LogP contribution is -2.10. The highest BCUT2D eigenvalue weighted by Gasteiger charge is 2.09. The molecular formula is C16H21ClO4. The van der Waals surface area contributed by atoms with Crippen LogP contribution in [0.3, 0.4) is 0 Å². The van der Waals surface area contributed by atoms with Gasteiger partial charge in [0.2, 0.25) is 0 Å². The summed E-state index contributed by atoms with van der Waals surface area (Å²) in [6.45, 7) is 2.54. The Morgan fingerprint density at radius 2 is 1.76 bits per heavy atom. The molecule has 0 bridgehead atoms. The molecule has 5 heteroatoms. The normalized spacial score (nSPS) is 10.2. The van der Waals surface area contributed by atoms with E-state index in [2.05, 4.69) is 6.92 Å². The van der Waals surface area contributed by atoms with E-state index in [0.29, 0.717) is 23.8 Å². The van der Waals surface area contributed by atoms with E-state index in [-0.39, 0.29) is 18.8 Å². The van der Waals surface area contributed by atoms with E-state index in [4.69, 9.17) is 21.1 Å². The highest BCUT2D eigenvalue weighted by atomic mass is 35.5. The number of esters is 2. The van der Waals surface area contributed by atoms with Crippen LogP contribution >= 0.6 is 11.6 Å². The molecule has 0 aliphatic heterocycles. The lowest BCUT2D eigenvalue weighted by atomic mass is 10.2. The van der Waals surface area contributed by atoms with Crippen molar-refractivity contribution >= 4 is 23.5 Å². The number of unbranched alkanes of at least 4 members (excludes halogenated alkanes) is 2. The predicted octanol–water partition coefficient (Wildman–Crippen LogP) is 4.15. The van der Waals surface area contributed by atoms with Gasteiger partial charge >= 0.3 is 11.9 Å². The van der Waals surface area contributed by atoms with E-state index in [1.165, 1.54) is 0 Å². The van der Waals surface area contributed by atoms with E-state index in [0.717, 1.165) is 19.3 Å². The van der Waals surface area contributed by atoms with Gasteiger partial charge in [-0.25, -0.2) is 0 Å². The Morgan fingerprint density at radius 3 is 2.48 bits per heavy atom. The van der Waals surface area contributed by atoms with Crippen molar-refractivity contribution in [2.24, 2.45) is 0 Å². The Balaban J connectivity index is 2.16. The minimum absolute atomic E-state index is 0.162. The lowest BCUT2D eigenvalue weighted by Gasteiger charge is -2.06. The molecule has 4 nitrogen and oxygen atoms in total. The first kappa shape index (κ1) is 17.5. The van der Waals surface area contributed by atoms with Gasteiger partial charge in [-0.3, -0.25) is 9.59 Å². The Morgan fingerprint density at radius 1 is 1.05 bits per heavy atom. The van der Waals surface area contributed by atoms with Gasteiger partial charge in [0.25, 0.3) is 0 Å². The maximum absolute atomic E-state index is 11.6. The van der Waals surface area contributed by atoms with Crippen molar-refractivity contribution in [2.75, 3.05) is 6.61 Å². The summed E-state index contributed by atoms with van der Waals surface area (Å²) >= 11 is 5.88. The third kappa shape index (κ3) is 7.71. The van der Waals surface area contributed by atoms with E-state index < -0.39 is 5.97 Å². The summed E-state index contributed by atoms with van der Waals surface area (Å²) in [6.07, 6.45) is 3.83. The Labute approximate surface area is 130 Å². The van der Waals surface area contributed by atoms with Crippen molar-refractivity contribution < 1.29 is 19.1 Å². The monoisotopic (exact) mass is 312 g/mol. The molecule has 0 aliphatic rings. The van der Waals surface area contributed by atoms with E-state index in [9.17, 15) is 9.59 Å². The van der Waals surface area contributed by atoms with Gasteiger partial charge in [0.05, 0.1) is 11.6 Å². The predicted molar refractivity (Wildman–Crippen MR) is 81.4 cm³/mol. The molecule has 0 spiro atoms. The summed E-state index contributed by atoms with van der Waals surface area (Å²) in [5.41, 5.74) is 0. The third-order valence-electron chi connectivity index (χ3n) is 2.83. The van der Waals surface area contributed by atoms with Crippen LogP contribution in [0.15, 0.2) is 24.3 Å². The van der Waals surface area contributed by atoms with Crippen LogP contribution in [0.2, 0.25) is 5.02 Å². The zero-order chi connectivity index (χ0) is 15.5. The molecule has 116 valence electrons. The molecule has 0 aliphatic carbocycles. The van der Waals surface area contributed by atoms with Crippen LogP contribution in [0.4, 0.5) is 0 Å². The highest BCUT2D eigenvalue weighted by molar-refractivity contribution is 6.32. The third-order valence-corrected chi connectivity index (χ3v) is 3.15. The number of rotatable bonds is 9. The zero-order valence-electron chi connectivity index (χ0n) is 12.3. The van der Waals surface area contributed by atoms with Gasteiger partial charge in [0.15, 0.2) is 0 Å². The van der Waals surface area contributed by atoms with Gasteiger partial charge in [-0.2, -0.15) is 0 Å². The van der Waals surface area contributed by atoms with Gasteiger partial charge in [-0.1, -0.05) is 43.5 Å². The first-order chi connectivity index (χ1) is 10.1. The van der Waals surface area contributed by atoms with Gasteiger partial charge < -0.3 is 9.47 Å². The molecular weight excluding hydrogens is 292 g/mol. The summed E-state index contributed by atoms with van der Waals surface area (Å²) in [5.74, 6) is -0.329. The van der Waals surface area contributed by atoms with Gasteiger partial charge in [-0.05, 0) is 25.0 Å². The van der Waals surface area contributed by atoms with E-state index >= 15 is 0 Å². The van der Waals surface area contributed by atoms with Crippen LogP contribution in [-0.4, -0.2) is 18.5 Å². The average molecular weight is 313 g/mol. The molecule has 0 aromatic heterocycles. The zero-order valence-corrected chi connectivity index (χ0v) is 13.0. The van der Waals surface area contributed by atoms with Crippen LogP contribution in [0.25, 0.3) is 0 Å². The number of benzene rings is 1. The molecule has 1 aromatic rings. The van der Waals surface area contributed by atoms with Gasteiger partial charge in [0.1, 0.15) is 5.75 Å². The Kier molecular flexibility index (Phi) is 8.51. The van der Waals surface area contributed by atoms with Crippen LogP contribution in [0.1, 0.15) is 45.4 Å². The van der Waals surface area contributed by atoms with Crippen molar-refractivity contribution in [3.05, 3.63) is 29.3 Å². The fraction of sp³-hybridized carbons (Fsp3) is 0.500. The molecule has 0 heterocycles. The molecule has 0 N–H and O–H groups in total. The number of hydrogen-bond acceptors (Lipinski definition) is 4. The molecule has 0 saturated carbocycles. The first-order valence-corrected chi connectivity index (χ1v) is 7.62. The van der Waals surface area contributed by atoms with Crippen LogP contribution < -0.4 is 4.74 Å². The van der Waals surface area contributed by atoms with Crippen molar-refractivity contribution in [3.8, 4) is 5.75 Å². The number of para-hydroxylation sites is 1. The summed E-state index contributed by atoms with van der Waals surface area (Å²) in [6, 6.07) is 6.77. The quantitative estimate of drug-likeness (QED) is 0.390. The van der Waals surface area contributed by atoms with Crippen molar-refractivity contribution in [1.82, 2.24) is 0 Å². The van der Waals surface area contributed by atoms with Crippen LogP contribution in [0, 0.1) is 0 Å². The topological polar surface area (TPSA) is 52.6 Å². The van der Waals surface area contributed by atoms with Crippen LogP contribution in [-0.2, 0) is 14.3 Å². The van der Waals surface area contributed by atoms with Gasteiger partial charge in [0, 0.05) is 12.8 Å². The lowest BCUT2D eigenvalue weighted by molar-refractivity contribution is -0.144. The number of hydrogen-bond donors (Lipinski definition) is 0. The molecule has 0 amide bonds. The minimum atomic E-state index is -0.401. The first-order valence-electron chi connectivity index (χ1n) is 7.24. The molecule has 0 unspecified atom stereocenters.